The van der Waals surface area contributed by atoms with E-state index in [9.17, 15) is 0 Å². The second-order valence-corrected chi connectivity index (χ2v) is 11.9. The van der Waals surface area contributed by atoms with E-state index in [4.69, 9.17) is 5.26 Å². The molecule has 1 aromatic rings. The molecule has 0 spiro atoms. The minimum Gasteiger partial charge on any atom is -0.192 e. The van der Waals surface area contributed by atoms with E-state index >= 15 is 0 Å². The van der Waals surface area contributed by atoms with Crippen LogP contribution in [-0.2, 0) is 0 Å². The molecule has 1 aromatic carbocycles. The van der Waals surface area contributed by atoms with Crippen molar-refractivity contribution >= 4 is 8.07 Å². The lowest BCUT2D eigenvalue weighted by Crippen LogP contribution is -2.43. The van der Waals surface area contributed by atoms with Crippen LogP contribution in [0.25, 0.3) is 0 Å². The predicted molar refractivity (Wildman–Crippen MR) is 89.1 cm³/mol. The fraction of sp³-hybridized carbons (Fsp3) is 0.500. The fourth-order valence-electron chi connectivity index (χ4n) is 3.30. The maximum atomic E-state index is 9.17. The van der Waals surface area contributed by atoms with Crippen LogP contribution in [0.2, 0.25) is 16.6 Å². The zero-order valence-corrected chi connectivity index (χ0v) is 14.5. The average Bonchev–Trinajstić information content (AvgIpc) is 2.38. The standard InChI is InChI=1S/C18H25NSi/c1-14(2)20(15(3)4,16(5)6)12-11-17-9-7-8-10-18(17)13-19/h7-10,14-16H,1-6H3. The number of hydrogen-bond acceptors (Lipinski definition) is 1. The molecule has 1 nitrogen and oxygen atoms in total. The third-order valence-corrected chi connectivity index (χ3v) is 10.6. The van der Waals surface area contributed by atoms with E-state index in [-0.39, 0.29) is 0 Å². The van der Waals surface area contributed by atoms with E-state index in [1.54, 1.807) is 0 Å². The molecule has 106 valence electrons. The van der Waals surface area contributed by atoms with Crippen molar-refractivity contribution in [2.75, 3.05) is 0 Å². The van der Waals surface area contributed by atoms with E-state index < -0.39 is 8.07 Å². The molecule has 0 bridgehead atoms. The summed E-state index contributed by atoms with van der Waals surface area (Å²) in [4.78, 5) is 0. The molecule has 0 saturated carbocycles. The van der Waals surface area contributed by atoms with Gasteiger partial charge in [0.15, 0.2) is 0 Å². The summed E-state index contributed by atoms with van der Waals surface area (Å²) >= 11 is 0. The number of rotatable bonds is 3. The van der Waals surface area contributed by atoms with Gasteiger partial charge in [-0.1, -0.05) is 59.6 Å². The summed E-state index contributed by atoms with van der Waals surface area (Å²) in [6.07, 6.45) is 0. The molecule has 0 unspecified atom stereocenters. The SMILES string of the molecule is CC(C)[Si](C#Cc1ccccc1C#N)(C(C)C)C(C)C. The Kier molecular flexibility index (Phi) is 5.60. The topological polar surface area (TPSA) is 23.8 Å². The van der Waals surface area contributed by atoms with Crippen molar-refractivity contribution in [3.8, 4) is 17.5 Å². The molecule has 0 fully saturated rings. The molecule has 0 radical (unpaired) electrons. The van der Waals surface area contributed by atoms with Gasteiger partial charge in [-0.05, 0) is 28.8 Å². The third-order valence-electron chi connectivity index (χ3n) is 4.33. The smallest absolute Gasteiger partial charge is 0.146 e. The Labute approximate surface area is 125 Å². The van der Waals surface area contributed by atoms with Crippen LogP contribution in [0.4, 0.5) is 0 Å². The van der Waals surface area contributed by atoms with Gasteiger partial charge in [0, 0.05) is 5.56 Å². The van der Waals surface area contributed by atoms with Gasteiger partial charge in [-0.3, -0.25) is 0 Å². The van der Waals surface area contributed by atoms with Crippen molar-refractivity contribution in [3.05, 3.63) is 35.4 Å². The highest BCUT2D eigenvalue weighted by Crippen LogP contribution is 2.40. The molecule has 0 amide bonds. The number of nitriles is 1. The highest BCUT2D eigenvalue weighted by molar-refractivity contribution is 6.90. The summed E-state index contributed by atoms with van der Waals surface area (Å²) < 4.78 is 0. The van der Waals surface area contributed by atoms with Crippen LogP contribution in [0.3, 0.4) is 0 Å². The van der Waals surface area contributed by atoms with Crippen molar-refractivity contribution in [1.29, 1.82) is 5.26 Å². The Morgan fingerprint density at radius 3 is 1.70 bits per heavy atom. The first-order chi connectivity index (χ1) is 9.36. The molecule has 0 atom stereocenters. The van der Waals surface area contributed by atoms with Crippen LogP contribution in [-0.4, -0.2) is 8.07 Å². The van der Waals surface area contributed by atoms with Gasteiger partial charge < -0.3 is 0 Å². The molecule has 1 rings (SSSR count). The largest absolute Gasteiger partial charge is 0.192 e. The normalized spacial score (nSPS) is 11.4. The van der Waals surface area contributed by atoms with Crippen molar-refractivity contribution in [2.45, 2.75) is 58.2 Å². The minimum absolute atomic E-state index is 0.615. The van der Waals surface area contributed by atoms with Crippen LogP contribution in [0.15, 0.2) is 24.3 Å². The lowest BCUT2D eigenvalue weighted by atomic mass is 10.1. The molecule has 0 aliphatic carbocycles. The van der Waals surface area contributed by atoms with Crippen molar-refractivity contribution < 1.29 is 0 Å². The fourth-order valence-corrected chi connectivity index (χ4v) is 8.52. The second kappa shape index (κ2) is 6.78. The Hall–Kier alpha value is -1.51. The van der Waals surface area contributed by atoms with E-state index in [0.29, 0.717) is 22.2 Å². The Balaban J connectivity index is 3.35. The summed E-state index contributed by atoms with van der Waals surface area (Å²) in [6, 6.07) is 9.87. The molecular weight excluding hydrogens is 258 g/mol. The minimum atomic E-state index is -1.72. The molecule has 0 aliphatic heterocycles. The van der Waals surface area contributed by atoms with Gasteiger partial charge in [-0.2, -0.15) is 5.26 Å². The molecule has 0 aromatic heterocycles. The lowest BCUT2D eigenvalue weighted by molar-refractivity contribution is 0.838. The van der Waals surface area contributed by atoms with Crippen molar-refractivity contribution in [3.63, 3.8) is 0 Å². The predicted octanol–water partition coefficient (Wildman–Crippen LogP) is 5.13. The van der Waals surface area contributed by atoms with Crippen LogP contribution in [0.5, 0.6) is 0 Å². The Morgan fingerprint density at radius 1 is 0.850 bits per heavy atom. The molecule has 0 saturated heterocycles. The van der Waals surface area contributed by atoms with E-state index in [0.717, 1.165) is 5.56 Å². The van der Waals surface area contributed by atoms with E-state index in [1.807, 2.05) is 24.3 Å². The Bertz CT molecular complexity index is 531. The maximum absolute atomic E-state index is 9.17. The quantitative estimate of drug-likeness (QED) is 0.557. The van der Waals surface area contributed by atoms with Gasteiger partial charge in [0.05, 0.1) is 5.56 Å². The van der Waals surface area contributed by atoms with Gasteiger partial charge in [0.2, 0.25) is 0 Å². The zero-order chi connectivity index (χ0) is 15.3. The van der Waals surface area contributed by atoms with Gasteiger partial charge >= 0.3 is 0 Å². The summed E-state index contributed by atoms with van der Waals surface area (Å²) in [5.41, 5.74) is 7.05. The molecule has 20 heavy (non-hydrogen) atoms. The molecule has 0 aliphatic rings. The van der Waals surface area contributed by atoms with Crippen LogP contribution < -0.4 is 0 Å². The first-order valence-electron chi connectivity index (χ1n) is 7.38. The molecular formula is C18H25NSi. The first-order valence-corrected chi connectivity index (χ1v) is 9.61. The Morgan fingerprint density at radius 2 is 1.30 bits per heavy atom. The third kappa shape index (κ3) is 3.14. The van der Waals surface area contributed by atoms with Crippen molar-refractivity contribution in [2.24, 2.45) is 0 Å². The monoisotopic (exact) mass is 283 g/mol. The van der Waals surface area contributed by atoms with E-state index in [2.05, 4.69) is 59.1 Å². The molecule has 0 N–H and O–H groups in total. The average molecular weight is 283 g/mol. The summed E-state index contributed by atoms with van der Waals surface area (Å²) in [5, 5.41) is 9.17. The highest BCUT2D eigenvalue weighted by atomic mass is 28.3. The molecule has 0 heterocycles. The van der Waals surface area contributed by atoms with Gasteiger partial charge in [-0.25, -0.2) is 0 Å². The highest BCUT2D eigenvalue weighted by Gasteiger charge is 2.41. The number of hydrogen-bond donors (Lipinski definition) is 0. The van der Waals surface area contributed by atoms with Crippen LogP contribution in [0, 0.1) is 22.8 Å². The first kappa shape index (κ1) is 16.5. The van der Waals surface area contributed by atoms with Gasteiger partial charge in [0.1, 0.15) is 14.1 Å². The zero-order valence-electron chi connectivity index (χ0n) is 13.5. The van der Waals surface area contributed by atoms with Crippen LogP contribution in [0.1, 0.15) is 52.7 Å². The lowest BCUT2D eigenvalue weighted by Gasteiger charge is -2.38. The summed E-state index contributed by atoms with van der Waals surface area (Å²) in [5.74, 6) is 3.34. The second-order valence-electron chi connectivity index (χ2n) is 6.30. The van der Waals surface area contributed by atoms with Crippen molar-refractivity contribution in [1.82, 2.24) is 0 Å². The summed E-state index contributed by atoms with van der Waals surface area (Å²) in [6.45, 7) is 13.8. The van der Waals surface area contributed by atoms with Gasteiger partial charge in [0.25, 0.3) is 0 Å². The number of benzene rings is 1. The van der Waals surface area contributed by atoms with Gasteiger partial charge in [-0.15, -0.1) is 5.54 Å². The van der Waals surface area contributed by atoms with Crippen LogP contribution >= 0.6 is 0 Å². The maximum Gasteiger partial charge on any atom is 0.146 e. The molecule has 2 heteroatoms. The summed E-state index contributed by atoms with van der Waals surface area (Å²) in [7, 11) is -1.72. The number of nitrogens with zero attached hydrogens (tertiary/aromatic N) is 1. The van der Waals surface area contributed by atoms with E-state index in [1.165, 1.54) is 0 Å².